The Bertz CT molecular complexity index is 1240. The summed E-state index contributed by atoms with van der Waals surface area (Å²) in [4.78, 5) is 12.4. The lowest BCUT2D eigenvalue weighted by atomic mass is 10.1. The van der Waals surface area contributed by atoms with Crippen LogP contribution in [-0.2, 0) is 11.3 Å². The molecule has 0 aliphatic rings. The van der Waals surface area contributed by atoms with Crippen molar-refractivity contribution in [1.82, 2.24) is 4.57 Å². The zero-order chi connectivity index (χ0) is 22.4. The van der Waals surface area contributed by atoms with E-state index in [1.165, 1.54) is 7.11 Å². The number of esters is 1. The summed E-state index contributed by atoms with van der Waals surface area (Å²) in [5.41, 5.74) is 3.93. The lowest BCUT2D eigenvalue weighted by Crippen LogP contribution is -2.06. The maximum absolute atomic E-state index is 12.4. The van der Waals surface area contributed by atoms with Gasteiger partial charge in [-0.1, -0.05) is 75.6 Å². The molecule has 0 radical (unpaired) electrons. The molecule has 0 aliphatic heterocycles. The summed E-state index contributed by atoms with van der Waals surface area (Å²) < 4.78 is 13.1. The molecule has 4 heteroatoms. The first-order valence-electron chi connectivity index (χ1n) is 10.3. The summed E-state index contributed by atoms with van der Waals surface area (Å²) in [6.45, 7) is 12.3. The highest BCUT2D eigenvalue weighted by molar-refractivity contribution is 6.08. The first kappa shape index (κ1) is 21.9. The van der Waals surface area contributed by atoms with Gasteiger partial charge in [0.2, 0.25) is 0 Å². The van der Waals surface area contributed by atoms with Gasteiger partial charge in [0, 0.05) is 29.1 Å². The highest BCUT2D eigenvalue weighted by atomic mass is 16.5. The van der Waals surface area contributed by atoms with Crippen molar-refractivity contribution < 1.29 is 13.9 Å². The number of aromatic nitrogens is 1. The number of rotatable bonds is 6. The van der Waals surface area contributed by atoms with Crippen molar-refractivity contribution in [2.75, 3.05) is 7.11 Å². The predicted octanol–water partition coefficient (Wildman–Crippen LogP) is 7.17. The Morgan fingerprint density at radius 1 is 1.16 bits per heavy atom. The number of furan rings is 1. The molecule has 2 aromatic heterocycles. The summed E-state index contributed by atoms with van der Waals surface area (Å²) in [5, 5.41) is 1.96. The van der Waals surface area contributed by atoms with E-state index in [1.807, 2.05) is 79.2 Å². The van der Waals surface area contributed by atoms with E-state index in [2.05, 4.69) is 13.2 Å². The van der Waals surface area contributed by atoms with E-state index in [9.17, 15) is 4.79 Å². The summed E-state index contributed by atoms with van der Waals surface area (Å²) >= 11 is 0. The molecule has 0 unspecified atom stereocenters. The van der Waals surface area contributed by atoms with Crippen molar-refractivity contribution in [2.45, 2.75) is 20.4 Å². The van der Waals surface area contributed by atoms with Crippen LogP contribution >= 0.6 is 0 Å². The Morgan fingerprint density at radius 3 is 2.65 bits per heavy atom. The largest absolute Gasteiger partial charge is 0.465 e. The lowest BCUT2D eigenvalue weighted by molar-refractivity contribution is 0.0602. The molecule has 4 rings (SSSR count). The molecular formula is C27H27NO3. The molecule has 0 bridgehead atoms. The van der Waals surface area contributed by atoms with Crippen LogP contribution in [0, 0.1) is 0 Å². The molecule has 4 aromatic rings. The van der Waals surface area contributed by atoms with Gasteiger partial charge >= 0.3 is 5.97 Å². The number of methoxy groups -OCH3 is 1. The molecule has 0 aliphatic carbocycles. The fraction of sp³-hybridized carbons (Fsp3) is 0.148. The predicted molar refractivity (Wildman–Crippen MR) is 128 cm³/mol. The quantitative estimate of drug-likeness (QED) is 0.249. The molecule has 0 spiro atoms. The van der Waals surface area contributed by atoms with E-state index in [4.69, 9.17) is 9.15 Å². The van der Waals surface area contributed by atoms with Crippen LogP contribution in [-0.4, -0.2) is 17.6 Å². The third-order valence-corrected chi connectivity index (χ3v) is 4.84. The van der Waals surface area contributed by atoms with Gasteiger partial charge in [-0.15, -0.1) is 0 Å². The van der Waals surface area contributed by atoms with E-state index >= 15 is 0 Å². The molecule has 4 nitrogen and oxygen atoms in total. The fourth-order valence-electron chi connectivity index (χ4n) is 3.55. The van der Waals surface area contributed by atoms with Crippen LogP contribution in [0.25, 0.3) is 33.2 Å². The minimum absolute atomic E-state index is 0.377. The van der Waals surface area contributed by atoms with Crippen LogP contribution in [0.1, 0.15) is 24.2 Å². The maximum atomic E-state index is 12.4. The first-order valence-corrected chi connectivity index (χ1v) is 10.3. The standard InChI is InChI=1S/C25H21NO3.C2H6/c1-4-5-9-17(2)15-26-16-21(23-14-18-10-6-7-13-22(18)29-23)19-11-8-12-20(24(19)26)25(27)28-3;1-2/h4-14,16H,1-2,15H2,3H3;1-2H3/b9-5-;. The topological polar surface area (TPSA) is 44.4 Å². The molecule has 0 saturated carbocycles. The van der Waals surface area contributed by atoms with Crippen molar-refractivity contribution in [2.24, 2.45) is 0 Å². The number of carbonyl (C=O) groups excluding carboxylic acids is 1. The molecule has 2 aromatic carbocycles. The molecule has 0 saturated heterocycles. The maximum Gasteiger partial charge on any atom is 0.340 e. The average Bonchev–Trinajstić information content (AvgIpc) is 3.40. The normalized spacial score (nSPS) is 10.8. The van der Waals surface area contributed by atoms with Crippen LogP contribution < -0.4 is 0 Å². The van der Waals surface area contributed by atoms with E-state index in [-0.39, 0.29) is 5.97 Å². The monoisotopic (exact) mass is 413 g/mol. The molecule has 158 valence electrons. The number of ether oxygens (including phenoxy) is 1. The Hall–Kier alpha value is -3.79. The Morgan fingerprint density at radius 2 is 1.94 bits per heavy atom. The number of nitrogens with zero attached hydrogens (tertiary/aromatic N) is 1. The van der Waals surface area contributed by atoms with Gasteiger partial charge in [0.05, 0.1) is 18.2 Å². The van der Waals surface area contributed by atoms with Crippen molar-refractivity contribution in [3.8, 4) is 11.3 Å². The Kier molecular flexibility index (Phi) is 6.93. The smallest absolute Gasteiger partial charge is 0.340 e. The number of fused-ring (bicyclic) bond motifs is 2. The van der Waals surface area contributed by atoms with Gasteiger partial charge in [-0.25, -0.2) is 4.79 Å². The molecule has 2 heterocycles. The molecule has 0 atom stereocenters. The van der Waals surface area contributed by atoms with Gasteiger partial charge in [0.25, 0.3) is 0 Å². The number of allylic oxidation sites excluding steroid dienone is 4. The van der Waals surface area contributed by atoms with E-state index in [1.54, 1.807) is 12.1 Å². The second-order valence-corrected chi connectivity index (χ2v) is 6.77. The third kappa shape index (κ3) is 4.38. The number of hydrogen-bond acceptors (Lipinski definition) is 3. The van der Waals surface area contributed by atoms with Gasteiger partial charge in [-0.2, -0.15) is 0 Å². The van der Waals surface area contributed by atoms with Crippen molar-refractivity contribution in [3.05, 3.63) is 97.3 Å². The second kappa shape index (κ2) is 9.81. The number of hydrogen-bond donors (Lipinski definition) is 0. The minimum atomic E-state index is -0.377. The van der Waals surface area contributed by atoms with E-state index in [0.29, 0.717) is 12.1 Å². The van der Waals surface area contributed by atoms with Gasteiger partial charge in [-0.05, 0) is 23.8 Å². The number of benzene rings is 2. The van der Waals surface area contributed by atoms with Crippen LogP contribution in [0.3, 0.4) is 0 Å². The highest BCUT2D eigenvalue weighted by Crippen LogP contribution is 2.36. The van der Waals surface area contributed by atoms with Crippen molar-refractivity contribution in [1.29, 1.82) is 0 Å². The Labute approximate surface area is 182 Å². The summed E-state index contributed by atoms with van der Waals surface area (Å²) in [6.07, 6.45) is 7.45. The summed E-state index contributed by atoms with van der Waals surface area (Å²) in [7, 11) is 1.39. The van der Waals surface area contributed by atoms with Gasteiger partial charge in [0.1, 0.15) is 11.3 Å². The zero-order valence-corrected chi connectivity index (χ0v) is 18.2. The van der Waals surface area contributed by atoms with Crippen LogP contribution in [0.4, 0.5) is 0 Å². The SMILES string of the molecule is C=C/C=C\C(=C)Cn1cc(-c2cc3ccccc3o2)c2cccc(C(=O)OC)c21.CC. The minimum Gasteiger partial charge on any atom is -0.465 e. The summed E-state index contributed by atoms with van der Waals surface area (Å²) in [6, 6.07) is 15.5. The molecule has 0 amide bonds. The van der Waals surface area contributed by atoms with Gasteiger partial charge in [-0.3, -0.25) is 0 Å². The van der Waals surface area contributed by atoms with Crippen LogP contribution in [0.5, 0.6) is 0 Å². The highest BCUT2D eigenvalue weighted by Gasteiger charge is 2.20. The molecular weight excluding hydrogens is 386 g/mol. The third-order valence-electron chi connectivity index (χ3n) is 4.84. The molecule has 31 heavy (non-hydrogen) atoms. The van der Waals surface area contributed by atoms with Crippen molar-refractivity contribution in [3.63, 3.8) is 0 Å². The van der Waals surface area contributed by atoms with Crippen LogP contribution in [0.15, 0.2) is 96.1 Å². The Balaban J connectivity index is 0.00000132. The first-order chi connectivity index (χ1) is 15.1. The number of carbonyl (C=O) groups is 1. The fourth-order valence-corrected chi connectivity index (χ4v) is 3.55. The van der Waals surface area contributed by atoms with E-state index in [0.717, 1.165) is 38.8 Å². The lowest BCUT2D eigenvalue weighted by Gasteiger charge is -2.08. The summed E-state index contributed by atoms with van der Waals surface area (Å²) in [5.74, 6) is 0.377. The molecule has 0 N–H and O–H groups in total. The number of para-hydroxylation sites is 2. The van der Waals surface area contributed by atoms with Gasteiger partial charge in [0.15, 0.2) is 0 Å². The van der Waals surface area contributed by atoms with Crippen molar-refractivity contribution >= 4 is 27.8 Å². The molecule has 0 fully saturated rings. The second-order valence-electron chi connectivity index (χ2n) is 6.77. The van der Waals surface area contributed by atoms with Crippen LogP contribution in [0.2, 0.25) is 0 Å². The zero-order valence-electron chi connectivity index (χ0n) is 18.2. The average molecular weight is 414 g/mol. The van der Waals surface area contributed by atoms with E-state index < -0.39 is 0 Å². The van der Waals surface area contributed by atoms with Gasteiger partial charge < -0.3 is 13.7 Å².